The molecule has 4 nitrogen and oxygen atoms in total. The first-order valence-corrected chi connectivity index (χ1v) is 4.36. The van der Waals surface area contributed by atoms with E-state index < -0.39 is 5.97 Å². The molecule has 0 unspecified atom stereocenters. The fourth-order valence-electron chi connectivity index (χ4n) is 1.46. The Morgan fingerprint density at radius 2 is 2.43 bits per heavy atom. The van der Waals surface area contributed by atoms with Gasteiger partial charge in [-0.25, -0.2) is 4.79 Å². The minimum absolute atomic E-state index is 0.309. The number of benzene rings is 1. The van der Waals surface area contributed by atoms with Gasteiger partial charge in [-0.2, -0.15) is 0 Å². The Balaban J connectivity index is 2.17. The second-order valence-corrected chi connectivity index (χ2v) is 3.01. The molecule has 0 saturated carbocycles. The van der Waals surface area contributed by atoms with E-state index >= 15 is 0 Å². The maximum atomic E-state index is 10.3. The van der Waals surface area contributed by atoms with Crippen LogP contribution in [0.5, 0.6) is 11.5 Å². The van der Waals surface area contributed by atoms with Gasteiger partial charge in [0, 0.05) is 12.0 Å². The van der Waals surface area contributed by atoms with Crippen LogP contribution in [0.2, 0.25) is 0 Å². The second kappa shape index (κ2) is 3.57. The van der Waals surface area contributed by atoms with Crippen LogP contribution in [0.1, 0.15) is 5.56 Å². The van der Waals surface area contributed by atoms with Gasteiger partial charge in [0.05, 0.1) is 6.61 Å². The molecular formula is C10H10O4. The number of carboxylic acids is 1. The largest absolute Gasteiger partial charge is 0.493 e. The van der Waals surface area contributed by atoms with Gasteiger partial charge in [0.2, 0.25) is 0 Å². The van der Waals surface area contributed by atoms with Gasteiger partial charge in [-0.05, 0) is 12.1 Å². The molecule has 0 atom stereocenters. The number of hydrogen-bond acceptors (Lipinski definition) is 3. The molecule has 1 aliphatic rings. The van der Waals surface area contributed by atoms with Gasteiger partial charge in [0.1, 0.15) is 11.5 Å². The lowest BCUT2D eigenvalue weighted by Crippen LogP contribution is -2.10. The van der Waals surface area contributed by atoms with E-state index in [9.17, 15) is 4.79 Å². The molecule has 1 aliphatic heterocycles. The summed E-state index contributed by atoms with van der Waals surface area (Å²) in [7, 11) is 0. The molecule has 2 rings (SSSR count). The highest BCUT2D eigenvalue weighted by atomic mass is 16.5. The summed E-state index contributed by atoms with van der Waals surface area (Å²) in [6.45, 7) is 0.333. The molecule has 0 bridgehead atoms. The third-order valence-corrected chi connectivity index (χ3v) is 2.05. The van der Waals surface area contributed by atoms with Crippen molar-refractivity contribution in [2.45, 2.75) is 6.42 Å². The molecule has 1 heterocycles. The quantitative estimate of drug-likeness (QED) is 0.782. The highest BCUT2D eigenvalue weighted by Gasteiger charge is 2.16. The first-order valence-electron chi connectivity index (χ1n) is 4.36. The summed E-state index contributed by atoms with van der Waals surface area (Å²) in [6.07, 6.45) is 0.783. The predicted octanol–water partition coefficient (Wildman–Crippen LogP) is 1.08. The molecule has 14 heavy (non-hydrogen) atoms. The average molecular weight is 194 g/mol. The topological polar surface area (TPSA) is 55.8 Å². The maximum Gasteiger partial charge on any atom is 0.341 e. The molecule has 0 aromatic heterocycles. The highest BCUT2D eigenvalue weighted by molar-refractivity contribution is 5.68. The van der Waals surface area contributed by atoms with E-state index in [0.717, 1.165) is 17.7 Å². The number of ether oxygens (including phenoxy) is 2. The Morgan fingerprint density at radius 3 is 3.21 bits per heavy atom. The van der Waals surface area contributed by atoms with Gasteiger partial charge in [0.15, 0.2) is 6.61 Å². The second-order valence-electron chi connectivity index (χ2n) is 3.01. The van der Waals surface area contributed by atoms with Crippen LogP contribution in [-0.2, 0) is 11.2 Å². The lowest BCUT2D eigenvalue weighted by molar-refractivity contribution is -0.139. The van der Waals surface area contributed by atoms with Crippen LogP contribution >= 0.6 is 0 Å². The zero-order valence-electron chi connectivity index (χ0n) is 7.53. The van der Waals surface area contributed by atoms with Crippen LogP contribution in [0, 0.1) is 0 Å². The SMILES string of the molecule is O=C(O)COc1cccc2c1CCO2. The van der Waals surface area contributed by atoms with Crippen molar-refractivity contribution in [3.05, 3.63) is 23.8 Å². The number of aliphatic carboxylic acids is 1. The van der Waals surface area contributed by atoms with E-state index in [2.05, 4.69) is 0 Å². The van der Waals surface area contributed by atoms with E-state index in [0.29, 0.717) is 12.4 Å². The fraction of sp³-hybridized carbons (Fsp3) is 0.300. The first-order chi connectivity index (χ1) is 6.77. The van der Waals surface area contributed by atoms with Crippen LogP contribution in [0.25, 0.3) is 0 Å². The molecule has 74 valence electrons. The number of hydrogen-bond donors (Lipinski definition) is 1. The Kier molecular flexibility index (Phi) is 2.26. The van der Waals surface area contributed by atoms with Crippen molar-refractivity contribution < 1.29 is 19.4 Å². The maximum absolute atomic E-state index is 10.3. The average Bonchev–Trinajstić information content (AvgIpc) is 2.62. The van der Waals surface area contributed by atoms with Gasteiger partial charge in [0.25, 0.3) is 0 Å². The lowest BCUT2D eigenvalue weighted by Gasteiger charge is -2.06. The van der Waals surface area contributed by atoms with Crippen molar-refractivity contribution in [2.75, 3.05) is 13.2 Å². The molecule has 0 aliphatic carbocycles. The van der Waals surface area contributed by atoms with Crippen LogP contribution in [0.3, 0.4) is 0 Å². The number of rotatable bonds is 3. The van der Waals surface area contributed by atoms with E-state index in [4.69, 9.17) is 14.6 Å². The van der Waals surface area contributed by atoms with Crippen molar-refractivity contribution in [3.63, 3.8) is 0 Å². The Morgan fingerprint density at radius 1 is 1.57 bits per heavy atom. The summed E-state index contributed by atoms with van der Waals surface area (Å²) >= 11 is 0. The predicted molar refractivity (Wildman–Crippen MR) is 48.8 cm³/mol. The van der Waals surface area contributed by atoms with Gasteiger partial charge in [-0.15, -0.1) is 0 Å². The standard InChI is InChI=1S/C10H10O4/c11-10(12)6-14-9-3-1-2-8-7(9)4-5-13-8/h1-3H,4-6H2,(H,11,12). The van der Waals surface area contributed by atoms with E-state index in [1.54, 1.807) is 12.1 Å². The summed E-state index contributed by atoms with van der Waals surface area (Å²) in [6, 6.07) is 5.41. The molecule has 1 aromatic carbocycles. The highest BCUT2D eigenvalue weighted by Crippen LogP contribution is 2.32. The Bertz CT molecular complexity index is 359. The molecule has 0 saturated heterocycles. The third kappa shape index (κ3) is 1.64. The third-order valence-electron chi connectivity index (χ3n) is 2.05. The minimum Gasteiger partial charge on any atom is -0.493 e. The number of fused-ring (bicyclic) bond motifs is 1. The van der Waals surface area contributed by atoms with Crippen molar-refractivity contribution >= 4 is 5.97 Å². The molecule has 0 radical (unpaired) electrons. The lowest BCUT2D eigenvalue weighted by atomic mass is 10.1. The van der Waals surface area contributed by atoms with Crippen LogP contribution < -0.4 is 9.47 Å². The van der Waals surface area contributed by atoms with Crippen molar-refractivity contribution in [2.24, 2.45) is 0 Å². The fourth-order valence-corrected chi connectivity index (χ4v) is 1.46. The normalized spacial score (nSPS) is 13.1. The monoisotopic (exact) mass is 194 g/mol. The molecule has 0 amide bonds. The molecule has 0 spiro atoms. The molecular weight excluding hydrogens is 184 g/mol. The summed E-state index contributed by atoms with van der Waals surface area (Å²) in [5.74, 6) is 0.441. The summed E-state index contributed by atoms with van der Waals surface area (Å²) in [4.78, 5) is 10.3. The van der Waals surface area contributed by atoms with Crippen molar-refractivity contribution in [1.29, 1.82) is 0 Å². The Labute approximate surface area is 81.1 Å². The van der Waals surface area contributed by atoms with E-state index in [1.165, 1.54) is 0 Å². The van der Waals surface area contributed by atoms with E-state index in [-0.39, 0.29) is 6.61 Å². The molecule has 0 fully saturated rings. The first kappa shape index (κ1) is 8.87. The summed E-state index contributed by atoms with van der Waals surface area (Å²) in [5.41, 5.74) is 0.966. The van der Waals surface area contributed by atoms with E-state index in [1.807, 2.05) is 6.07 Å². The minimum atomic E-state index is -0.971. The zero-order chi connectivity index (χ0) is 9.97. The van der Waals surface area contributed by atoms with Gasteiger partial charge in [-0.1, -0.05) is 6.07 Å². The van der Waals surface area contributed by atoms with Crippen LogP contribution in [-0.4, -0.2) is 24.3 Å². The van der Waals surface area contributed by atoms with Gasteiger partial charge >= 0.3 is 5.97 Å². The Hall–Kier alpha value is -1.71. The van der Waals surface area contributed by atoms with Crippen LogP contribution in [0.15, 0.2) is 18.2 Å². The number of carboxylic acid groups (broad SMARTS) is 1. The molecule has 4 heteroatoms. The molecule has 1 N–H and O–H groups in total. The van der Waals surface area contributed by atoms with Crippen LogP contribution in [0.4, 0.5) is 0 Å². The molecule has 1 aromatic rings. The number of carbonyl (C=O) groups is 1. The zero-order valence-corrected chi connectivity index (χ0v) is 7.53. The smallest absolute Gasteiger partial charge is 0.341 e. The summed E-state index contributed by atoms with van der Waals surface area (Å²) < 4.78 is 10.4. The van der Waals surface area contributed by atoms with Gasteiger partial charge < -0.3 is 14.6 Å². The van der Waals surface area contributed by atoms with Crippen molar-refractivity contribution in [3.8, 4) is 11.5 Å². The van der Waals surface area contributed by atoms with Gasteiger partial charge in [-0.3, -0.25) is 0 Å². The summed E-state index contributed by atoms with van der Waals surface area (Å²) in [5, 5.41) is 8.47. The van der Waals surface area contributed by atoms with Crippen molar-refractivity contribution in [1.82, 2.24) is 0 Å².